The second-order valence-corrected chi connectivity index (χ2v) is 12.5. The molecule has 51 heavy (non-hydrogen) atoms. The number of carboxylic acids is 1. The molecule has 6 atom stereocenters. The van der Waals surface area contributed by atoms with Gasteiger partial charge in [-0.1, -0.05) is 44.2 Å². The van der Waals surface area contributed by atoms with E-state index in [1.54, 1.807) is 13.8 Å². The van der Waals surface area contributed by atoms with Crippen LogP contribution in [-0.2, 0) is 39.1 Å². The van der Waals surface area contributed by atoms with Crippen molar-refractivity contribution in [1.82, 2.24) is 31.9 Å². The molecular formula is C32H49F3N8O8. The number of rotatable bonds is 20. The van der Waals surface area contributed by atoms with Gasteiger partial charge in [0.05, 0.1) is 0 Å². The number of alkyl halides is 3. The van der Waals surface area contributed by atoms with Crippen LogP contribution in [0.25, 0.3) is 0 Å². The molecule has 1 aromatic carbocycles. The van der Waals surface area contributed by atoms with Crippen molar-refractivity contribution >= 4 is 41.4 Å². The van der Waals surface area contributed by atoms with E-state index < -0.39 is 95.4 Å². The number of halogens is 3. The molecule has 286 valence electrons. The highest BCUT2D eigenvalue weighted by Crippen LogP contribution is 2.37. The summed E-state index contributed by atoms with van der Waals surface area (Å²) in [4.78, 5) is 87.9. The third kappa shape index (κ3) is 13.8. The molecule has 0 saturated heterocycles. The van der Waals surface area contributed by atoms with Crippen LogP contribution in [0.2, 0.25) is 0 Å². The zero-order valence-corrected chi connectivity index (χ0v) is 29.2. The molecule has 16 nitrogen and oxygen atoms in total. The molecule has 19 heteroatoms. The molecule has 0 fully saturated rings. The lowest BCUT2D eigenvalue weighted by molar-refractivity contribution is -0.195. The van der Waals surface area contributed by atoms with Crippen LogP contribution in [0.4, 0.5) is 13.2 Å². The molecule has 1 aromatic rings. The standard InChI is InChI=1S/C32H49F3N8O8/c1-17(2)15-23(29(50)41-20(5)27(48)40-19(4)26(47)39-18(3)25(46)38-16-24(44)45)42-28(49)22(13-9-10-14-36)43-30(51)31(37,32(33,34)35)21-11-7-6-8-12-21/h6-8,11-12,17-20,22-23H,9-10,13-16,36-37H2,1-5H3,(H,38,46)(H,39,47)(H,40,48)(H,41,50)(H,42,49)(H,43,51)(H,44,45)/t18-,19-,20-,22-,23-,31+/m0/s1. The van der Waals surface area contributed by atoms with E-state index in [0.717, 1.165) is 12.1 Å². The number of carboxylic acid groups (broad SMARTS) is 1. The fraction of sp³-hybridized carbons (Fsp3) is 0.594. The van der Waals surface area contributed by atoms with Crippen LogP contribution in [0.5, 0.6) is 0 Å². The first-order valence-corrected chi connectivity index (χ1v) is 16.3. The van der Waals surface area contributed by atoms with E-state index in [1.165, 1.54) is 39.0 Å². The zero-order chi connectivity index (χ0) is 39.1. The minimum atomic E-state index is -5.25. The molecule has 0 spiro atoms. The molecule has 0 aliphatic rings. The zero-order valence-electron chi connectivity index (χ0n) is 29.2. The predicted octanol–water partition coefficient (Wildman–Crippen LogP) is -0.737. The van der Waals surface area contributed by atoms with E-state index in [1.807, 2.05) is 0 Å². The molecule has 6 amide bonds. The minimum absolute atomic E-state index is 0.0312. The van der Waals surface area contributed by atoms with Crippen LogP contribution >= 0.6 is 0 Å². The van der Waals surface area contributed by atoms with Gasteiger partial charge in [-0.2, -0.15) is 13.2 Å². The lowest BCUT2D eigenvalue weighted by Crippen LogP contribution is -2.64. The summed E-state index contributed by atoms with van der Waals surface area (Å²) in [6, 6.07) is -0.360. The highest BCUT2D eigenvalue weighted by Gasteiger charge is 2.59. The molecule has 11 N–H and O–H groups in total. The van der Waals surface area contributed by atoms with Gasteiger partial charge < -0.3 is 48.5 Å². The first-order chi connectivity index (χ1) is 23.6. The third-order valence-electron chi connectivity index (χ3n) is 7.61. The summed E-state index contributed by atoms with van der Waals surface area (Å²) in [5.74, 6) is -7.35. The van der Waals surface area contributed by atoms with Gasteiger partial charge in [-0.25, -0.2) is 0 Å². The smallest absolute Gasteiger partial charge is 0.419 e. The Morgan fingerprint density at radius 3 is 1.67 bits per heavy atom. The number of carbonyl (C=O) groups is 7. The molecular weight excluding hydrogens is 681 g/mol. The topological polar surface area (TPSA) is 264 Å². The van der Waals surface area contributed by atoms with Gasteiger partial charge in [-0.15, -0.1) is 0 Å². The van der Waals surface area contributed by atoms with Crippen molar-refractivity contribution in [2.75, 3.05) is 13.1 Å². The number of aliphatic carboxylic acids is 1. The van der Waals surface area contributed by atoms with E-state index >= 15 is 0 Å². The average molecular weight is 731 g/mol. The number of benzene rings is 1. The molecule has 0 aliphatic heterocycles. The van der Waals surface area contributed by atoms with Gasteiger partial charge in [0.15, 0.2) is 0 Å². The second kappa shape index (κ2) is 20.2. The highest BCUT2D eigenvalue weighted by molar-refractivity contribution is 5.97. The number of amides is 6. The monoisotopic (exact) mass is 730 g/mol. The number of hydrogen-bond acceptors (Lipinski definition) is 9. The van der Waals surface area contributed by atoms with Gasteiger partial charge in [-0.05, 0) is 64.5 Å². The second-order valence-electron chi connectivity index (χ2n) is 12.5. The Morgan fingerprint density at radius 2 is 1.20 bits per heavy atom. The van der Waals surface area contributed by atoms with Gasteiger partial charge >= 0.3 is 12.1 Å². The Bertz CT molecular complexity index is 1380. The summed E-state index contributed by atoms with van der Waals surface area (Å²) in [5.41, 5.74) is 7.19. The van der Waals surface area contributed by atoms with Crippen molar-refractivity contribution in [3.05, 3.63) is 35.9 Å². The number of nitrogens with two attached hydrogens (primary N) is 2. The SMILES string of the molecule is CC(C)C[C@H](NC(=O)[C@H](CCCCN)NC(=O)[C@](N)(c1ccccc1)C(F)(F)F)C(=O)N[C@@H](C)C(=O)N[C@@H](C)C(=O)N[C@@H](C)C(=O)NCC(=O)O. The van der Waals surface area contributed by atoms with Gasteiger partial charge in [0.25, 0.3) is 5.91 Å². The Balaban J connectivity index is 3.07. The number of carbonyl (C=O) groups excluding carboxylic acids is 6. The van der Waals surface area contributed by atoms with E-state index in [2.05, 4.69) is 31.9 Å². The van der Waals surface area contributed by atoms with Crippen LogP contribution in [0.3, 0.4) is 0 Å². The normalized spacial score (nSPS) is 15.5. The number of hydrogen-bond donors (Lipinski definition) is 9. The van der Waals surface area contributed by atoms with Crippen molar-refractivity contribution in [2.45, 2.75) is 102 Å². The predicted molar refractivity (Wildman–Crippen MR) is 178 cm³/mol. The Morgan fingerprint density at radius 1 is 0.706 bits per heavy atom. The Labute approximate surface area is 293 Å². The lowest BCUT2D eigenvalue weighted by atomic mass is 9.88. The molecule has 0 saturated carbocycles. The maximum atomic E-state index is 14.3. The maximum absolute atomic E-state index is 14.3. The van der Waals surface area contributed by atoms with Crippen molar-refractivity contribution in [3.63, 3.8) is 0 Å². The summed E-state index contributed by atoms with van der Waals surface area (Å²) in [6.07, 6.45) is -4.74. The van der Waals surface area contributed by atoms with Gasteiger partial charge in [-0.3, -0.25) is 33.6 Å². The first kappa shape index (κ1) is 44.2. The first-order valence-electron chi connectivity index (χ1n) is 16.3. The summed E-state index contributed by atoms with van der Waals surface area (Å²) in [6.45, 7) is 6.91. The van der Waals surface area contributed by atoms with Gasteiger partial charge in [0.1, 0.15) is 36.8 Å². The third-order valence-corrected chi connectivity index (χ3v) is 7.61. The van der Waals surface area contributed by atoms with Crippen LogP contribution in [-0.4, -0.2) is 96.0 Å². The summed E-state index contributed by atoms with van der Waals surface area (Å²) in [7, 11) is 0. The number of nitrogens with one attached hydrogen (secondary N) is 6. The van der Waals surface area contributed by atoms with E-state index in [9.17, 15) is 46.7 Å². The fourth-order valence-corrected chi connectivity index (χ4v) is 4.64. The van der Waals surface area contributed by atoms with Crippen LogP contribution in [0, 0.1) is 5.92 Å². The van der Waals surface area contributed by atoms with Gasteiger partial charge in [0, 0.05) is 0 Å². The van der Waals surface area contributed by atoms with Crippen LogP contribution < -0.4 is 43.4 Å². The van der Waals surface area contributed by atoms with Crippen molar-refractivity contribution < 1.29 is 51.8 Å². The molecule has 0 heterocycles. The highest BCUT2D eigenvalue weighted by atomic mass is 19.4. The molecule has 0 aliphatic carbocycles. The van der Waals surface area contributed by atoms with E-state index in [-0.39, 0.29) is 31.7 Å². The van der Waals surface area contributed by atoms with E-state index in [4.69, 9.17) is 16.6 Å². The average Bonchev–Trinajstić information content (AvgIpc) is 3.05. The minimum Gasteiger partial charge on any atom is -0.480 e. The maximum Gasteiger partial charge on any atom is 0.419 e. The fourth-order valence-electron chi connectivity index (χ4n) is 4.64. The van der Waals surface area contributed by atoms with E-state index in [0.29, 0.717) is 6.42 Å². The molecule has 0 bridgehead atoms. The van der Waals surface area contributed by atoms with Gasteiger partial charge in [0.2, 0.25) is 35.1 Å². The quantitative estimate of drug-likeness (QED) is 0.0759. The molecule has 0 aromatic heterocycles. The largest absolute Gasteiger partial charge is 0.480 e. The molecule has 0 radical (unpaired) electrons. The van der Waals surface area contributed by atoms with Crippen molar-refractivity contribution in [3.8, 4) is 0 Å². The summed E-state index contributed by atoms with van der Waals surface area (Å²) in [5, 5.41) is 22.5. The number of unbranched alkanes of at least 4 members (excludes halogenated alkanes) is 1. The summed E-state index contributed by atoms with van der Waals surface area (Å²) >= 11 is 0. The van der Waals surface area contributed by atoms with Crippen LogP contribution in [0.1, 0.15) is 65.9 Å². The van der Waals surface area contributed by atoms with Crippen molar-refractivity contribution in [1.29, 1.82) is 0 Å². The lowest BCUT2D eigenvalue weighted by Gasteiger charge is -2.33. The molecule has 1 rings (SSSR count). The summed E-state index contributed by atoms with van der Waals surface area (Å²) < 4.78 is 42.8. The Kier molecular flexibility index (Phi) is 17.5. The Hall–Kier alpha value is -4.78. The van der Waals surface area contributed by atoms with Crippen LogP contribution in [0.15, 0.2) is 30.3 Å². The van der Waals surface area contributed by atoms with Crippen molar-refractivity contribution in [2.24, 2.45) is 17.4 Å². The molecule has 0 unspecified atom stereocenters.